The lowest BCUT2D eigenvalue weighted by Gasteiger charge is -2.46. The van der Waals surface area contributed by atoms with Crippen LogP contribution in [0, 0.1) is 11.3 Å². The summed E-state index contributed by atoms with van der Waals surface area (Å²) in [6, 6.07) is 0. The molecule has 106 valence electrons. The van der Waals surface area contributed by atoms with Crippen LogP contribution in [0.5, 0.6) is 0 Å². The molecule has 0 atom stereocenters. The first kappa shape index (κ1) is 14.4. The monoisotopic (exact) mass is 250 g/mol. The molecule has 0 amide bonds. The molecule has 0 unspecified atom stereocenters. The zero-order valence-corrected chi connectivity index (χ0v) is 12.7. The van der Waals surface area contributed by atoms with Crippen LogP contribution < -0.4 is 0 Å². The van der Waals surface area contributed by atoms with Crippen molar-refractivity contribution in [3.8, 4) is 0 Å². The van der Waals surface area contributed by atoms with Crippen LogP contribution in [0.25, 0.3) is 0 Å². The molecule has 0 aromatic heterocycles. The van der Waals surface area contributed by atoms with E-state index < -0.39 is 0 Å². The minimum Gasteiger partial charge on any atom is -0.0654 e. The van der Waals surface area contributed by atoms with Gasteiger partial charge in [0.15, 0.2) is 0 Å². The van der Waals surface area contributed by atoms with Crippen molar-refractivity contribution in [3.05, 3.63) is 0 Å². The Morgan fingerprint density at radius 1 is 0.778 bits per heavy atom. The smallest absolute Gasteiger partial charge is 0.0269 e. The minimum atomic E-state index is 0.798. The Labute approximate surface area is 115 Å². The molecule has 0 spiro atoms. The van der Waals surface area contributed by atoms with Crippen molar-refractivity contribution in [2.75, 3.05) is 0 Å². The Kier molecular flexibility index (Phi) is 6.05. The molecule has 0 heteroatoms. The standard InChI is InChI=1S/C18H34/c1-2-3-4-9-14-18(15-10-6-11-16-18)17-12-7-5-8-13-17/h17H,2-16H2,1H3. The van der Waals surface area contributed by atoms with E-state index in [1.165, 1.54) is 64.2 Å². The summed E-state index contributed by atoms with van der Waals surface area (Å²) in [5, 5.41) is 0. The molecule has 0 radical (unpaired) electrons. The normalized spacial score (nSPS) is 25.2. The van der Waals surface area contributed by atoms with Gasteiger partial charge in [-0.2, -0.15) is 0 Å². The highest BCUT2D eigenvalue weighted by Gasteiger charge is 2.39. The molecule has 2 fully saturated rings. The summed E-state index contributed by atoms with van der Waals surface area (Å²) in [5.74, 6) is 1.10. The van der Waals surface area contributed by atoms with E-state index in [1.54, 1.807) is 32.1 Å². The molecule has 2 aliphatic carbocycles. The zero-order valence-electron chi connectivity index (χ0n) is 12.7. The van der Waals surface area contributed by atoms with Crippen molar-refractivity contribution < 1.29 is 0 Å². The van der Waals surface area contributed by atoms with Crippen molar-refractivity contribution in [1.29, 1.82) is 0 Å². The van der Waals surface area contributed by atoms with E-state index in [4.69, 9.17) is 0 Å². The average molecular weight is 250 g/mol. The van der Waals surface area contributed by atoms with E-state index in [0.717, 1.165) is 11.3 Å². The van der Waals surface area contributed by atoms with Crippen LogP contribution in [0.2, 0.25) is 0 Å². The molecule has 0 N–H and O–H groups in total. The van der Waals surface area contributed by atoms with Gasteiger partial charge >= 0.3 is 0 Å². The predicted octanol–water partition coefficient (Wildman–Crippen LogP) is 6.49. The van der Waals surface area contributed by atoms with Crippen molar-refractivity contribution >= 4 is 0 Å². The first-order valence-electron chi connectivity index (χ1n) is 8.87. The molecule has 2 saturated carbocycles. The van der Waals surface area contributed by atoms with Gasteiger partial charge in [0.1, 0.15) is 0 Å². The number of hydrogen-bond acceptors (Lipinski definition) is 0. The maximum absolute atomic E-state index is 2.33. The van der Waals surface area contributed by atoms with Crippen LogP contribution in [0.1, 0.15) is 103 Å². The van der Waals surface area contributed by atoms with Gasteiger partial charge in [0.2, 0.25) is 0 Å². The maximum atomic E-state index is 2.33. The second kappa shape index (κ2) is 7.56. The lowest BCUT2D eigenvalue weighted by Crippen LogP contribution is -2.34. The number of hydrogen-bond donors (Lipinski definition) is 0. The average Bonchev–Trinajstić information content (AvgIpc) is 2.46. The van der Waals surface area contributed by atoms with Gasteiger partial charge < -0.3 is 0 Å². The molecule has 2 rings (SSSR count). The van der Waals surface area contributed by atoms with Gasteiger partial charge in [-0.15, -0.1) is 0 Å². The fourth-order valence-corrected chi connectivity index (χ4v) is 4.74. The lowest BCUT2D eigenvalue weighted by molar-refractivity contribution is 0.0545. The molecule has 0 aromatic rings. The maximum Gasteiger partial charge on any atom is -0.0269 e. The lowest BCUT2D eigenvalue weighted by atomic mass is 9.59. The Balaban J connectivity index is 1.88. The Bertz CT molecular complexity index is 206. The second-order valence-electron chi connectivity index (χ2n) is 7.07. The van der Waals surface area contributed by atoms with E-state index in [9.17, 15) is 0 Å². The summed E-state index contributed by atoms with van der Waals surface area (Å²) < 4.78 is 0. The van der Waals surface area contributed by atoms with Crippen LogP contribution in [0.15, 0.2) is 0 Å². The summed E-state index contributed by atoms with van der Waals surface area (Å²) in [6.45, 7) is 2.33. The largest absolute Gasteiger partial charge is 0.0654 e. The van der Waals surface area contributed by atoms with Gasteiger partial charge in [-0.25, -0.2) is 0 Å². The molecule has 18 heavy (non-hydrogen) atoms. The van der Waals surface area contributed by atoms with Gasteiger partial charge in [-0.05, 0) is 43.4 Å². The summed E-state index contributed by atoms with van der Waals surface area (Å²) in [5.41, 5.74) is 0.798. The van der Waals surface area contributed by atoms with Crippen molar-refractivity contribution in [2.45, 2.75) is 103 Å². The molecule has 0 aromatic carbocycles. The Morgan fingerprint density at radius 3 is 2.11 bits per heavy atom. The first-order chi connectivity index (χ1) is 8.87. The summed E-state index contributed by atoms with van der Waals surface area (Å²) in [4.78, 5) is 0. The summed E-state index contributed by atoms with van der Waals surface area (Å²) in [6.07, 6.45) is 22.8. The topological polar surface area (TPSA) is 0 Å². The summed E-state index contributed by atoms with van der Waals surface area (Å²) in [7, 11) is 0. The zero-order chi connectivity index (χ0) is 12.7. The Hall–Kier alpha value is 0. The Morgan fingerprint density at radius 2 is 1.44 bits per heavy atom. The third-order valence-corrected chi connectivity index (χ3v) is 5.85. The van der Waals surface area contributed by atoms with Crippen LogP contribution in [0.4, 0.5) is 0 Å². The third-order valence-electron chi connectivity index (χ3n) is 5.85. The third kappa shape index (κ3) is 3.75. The van der Waals surface area contributed by atoms with Gasteiger partial charge in [0.05, 0.1) is 0 Å². The molecule has 0 nitrogen and oxygen atoms in total. The van der Waals surface area contributed by atoms with Gasteiger partial charge in [0.25, 0.3) is 0 Å². The molecular formula is C18H34. The van der Waals surface area contributed by atoms with E-state index in [0.29, 0.717) is 0 Å². The van der Waals surface area contributed by atoms with Gasteiger partial charge in [0, 0.05) is 0 Å². The highest BCUT2D eigenvalue weighted by atomic mass is 14.4. The van der Waals surface area contributed by atoms with Crippen molar-refractivity contribution in [3.63, 3.8) is 0 Å². The van der Waals surface area contributed by atoms with E-state index in [1.807, 2.05) is 0 Å². The molecule has 0 heterocycles. The second-order valence-corrected chi connectivity index (χ2v) is 7.07. The first-order valence-corrected chi connectivity index (χ1v) is 8.87. The fourth-order valence-electron chi connectivity index (χ4n) is 4.74. The highest BCUT2D eigenvalue weighted by molar-refractivity contribution is 4.90. The van der Waals surface area contributed by atoms with Crippen LogP contribution in [-0.4, -0.2) is 0 Å². The fraction of sp³-hybridized carbons (Fsp3) is 1.00. The van der Waals surface area contributed by atoms with Gasteiger partial charge in [-0.1, -0.05) is 71.1 Å². The molecular weight excluding hydrogens is 216 g/mol. The van der Waals surface area contributed by atoms with E-state index in [2.05, 4.69) is 6.92 Å². The molecule has 0 bridgehead atoms. The van der Waals surface area contributed by atoms with Crippen LogP contribution in [0.3, 0.4) is 0 Å². The SMILES string of the molecule is CCCCCCC1(C2CCCCC2)CCCCC1. The quantitative estimate of drug-likeness (QED) is 0.473. The predicted molar refractivity (Wildman–Crippen MR) is 80.9 cm³/mol. The van der Waals surface area contributed by atoms with Crippen LogP contribution >= 0.6 is 0 Å². The molecule has 0 aliphatic heterocycles. The van der Waals surface area contributed by atoms with Gasteiger partial charge in [-0.3, -0.25) is 0 Å². The van der Waals surface area contributed by atoms with Crippen LogP contribution in [-0.2, 0) is 0 Å². The van der Waals surface area contributed by atoms with E-state index >= 15 is 0 Å². The van der Waals surface area contributed by atoms with E-state index in [-0.39, 0.29) is 0 Å². The van der Waals surface area contributed by atoms with Crippen molar-refractivity contribution in [1.82, 2.24) is 0 Å². The van der Waals surface area contributed by atoms with Crippen molar-refractivity contribution in [2.24, 2.45) is 11.3 Å². The highest BCUT2D eigenvalue weighted by Crippen LogP contribution is 2.51. The molecule has 2 aliphatic rings. The minimum absolute atomic E-state index is 0.798. The molecule has 0 saturated heterocycles. The summed E-state index contributed by atoms with van der Waals surface area (Å²) >= 11 is 0. The number of unbranched alkanes of at least 4 members (excludes halogenated alkanes) is 3. The number of rotatable bonds is 6.